The van der Waals surface area contributed by atoms with Gasteiger partial charge in [-0.3, -0.25) is 9.89 Å². The molecule has 0 spiro atoms. The average Bonchev–Trinajstić information content (AvgIpc) is 3.38. The van der Waals surface area contributed by atoms with E-state index in [9.17, 15) is 9.59 Å². The van der Waals surface area contributed by atoms with E-state index in [1.54, 1.807) is 35.2 Å². The quantitative estimate of drug-likeness (QED) is 0.591. The van der Waals surface area contributed by atoms with Gasteiger partial charge in [0.15, 0.2) is 0 Å². The fourth-order valence-electron chi connectivity index (χ4n) is 4.79. The van der Waals surface area contributed by atoms with Crippen LogP contribution in [0.25, 0.3) is 11.0 Å². The normalized spacial score (nSPS) is 20.5. The molecule has 2 aliphatic heterocycles. The predicted octanol–water partition coefficient (Wildman–Crippen LogP) is 4.39. The van der Waals surface area contributed by atoms with E-state index in [0.29, 0.717) is 59.1 Å². The van der Waals surface area contributed by atoms with Crippen molar-refractivity contribution in [2.75, 3.05) is 26.2 Å². The molecule has 33 heavy (non-hydrogen) atoms. The molecule has 8 nitrogen and oxygen atoms in total. The Hall–Kier alpha value is -2.84. The molecule has 1 N–H and O–H groups in total. The maximum atomic E-state index is 13.0. The highest BCUT2D eigenvalue weighted by Gasteiger charge is 2.38. The molecule has 0 radical (unpaired) electrons. The lowest BCUT2D eigenvalue weighted by atomic mass is 9.92. The van der Waals surface area contributed by atoms with Crippen molar-refractivity contribution in [2.24, 2.45) is 11.8 Å². The molecule has 3 heterocycles. The topological polar surface area (TPSA) is 91.4 Å². The summed E-state index contributed by atoms with van der Waals surface area (Å²) in [5.74, 6) is 0.722. The number of fused-ring (bicyclic) bond motifs is 2. The molecule has 2 saturated heterocycles. The first-order chi connectivity index (χ1) is 16.0. The van der Waals surface area contributed by atoms with Gasteiger partial charge in [0.25, 0.3) is 5.91 Å². The average molecular weight is 488 g/mol. The lowest BCUT2D eigenvalue weighted by Gasteiger charge is -2.22. The summed E-state index contributed by atoms with van der Waals surface area (Å²) in [5.41, 5.74) is 2.87. The van der Waals surface area contributed by atoms with Crippen LogP contribution in [-0.4, -0.2) is 63.4 Å². The lowest BCUT2D eigenvalue weighted by molar-refractivity contribution is 0.0751. The number of carbonyl (C=O) groups excluding carboxylic acids is 2. The number of aromatic nitrogens is 3. The largest absolute Gasteiger partial charge is 0.445 e. The highest BCUT2D eigenvalue weighted by molar-refractivity contribution is 6.34. The van der Waals surface area contributed by atoms with Crippen LogP contribution < -0.4 is 0 Å². The molecule has 2 atom stereocenters. The van der Waals surface area contributed by atoms with Crippen LogP contribution in [0.2, 0.25) is 10.0 Å². The van der Waals surface area contributed by atoms with E-state index in [1.807, 2.05) is 11.0 Å². The van der Waals surface area contributed by atoms with Gasteiger partial charge in [-0.1, -0.05) is 28.4 Å². The van der Waals surface area contributed by atoms with E-state index in [0.717, 1.165) is 23.9 Å². The molecule has 2 aliphatic rings. The van der Waals surface area contributed by atoms with Crippen LogP contribution in [-0.2, 0) is 11.3 Å². The molecule has 2 fully saturated rings. The summed E-state index contributed by atoms with van der Waals surface area (Å²) >= 11 is 12.0. The minimum absolute atomic E-state index is 0.0105. The van der Waals surface area contributed by atoms with E-state index in [4.69, 9.17) is 27.9 Å². The van der Waals surface area contributed by atoms with Gasteiger partial charge < -0.3 is 14.5 Å². The van der Waals surface area contributed by atoms with Crippen molar-refractivity contribution in [3.63, 3.8) is 0 Å². The fourth-order valence-corrected chi connectivity index (χ4v) is 5.36. The number of rotatable bonds is 3. The Labute approximate surface area is 200 Å². The van der Waals surface area contributed by atoms with Crippen molar-refractivity contribution < 1.29 is 14.3 Å². The molecular weight excluding hydrogens is 465 g/mol. The van der Waals surface area contributed by atoms with Gasteiger partial charge in [0.05, 0.1) is 5.52 Å². The Balaban J connectivity index is 1.16. The molecule has 1 aromatic heterocycles. The molecule has 0 aliphatic carbocycles. The van der Waals surface area contributed by atoms with Crippen molar-refractivity contribution in [3.05, 3.63) is 57.6 Å². The Morgan fingerprint density at radius 3 is 2.39 bits per heavy atom. The Morgan fingerprint density at radius 1 is 1.00 bits per heavy atom. The van der Waals surface area contributed by atoms with E-state index in [-0.39, 0.29) is 18.6 Å². The number of nitrogens with one attached hydrogen (secondary N) is 1. The summed E-state index contributed by atoms with van der Waals surface area (Å²) in [6.45, 7) is 2.75. The summed E-state index contributed by atoms with van der Waals surface area (Å²) in [6, 6.07) is 10.5. The maximum Gasteiger partial charge on any atom is 0.410 e. The number of halogens is 2. The van der Waals surface area contributed by atoms with Gasteiger partial charge in [0.1, 0.15) is 12.1 Å². The molecule has 10 heteroatoms. The van der Waals surface area contributed by atoms with E-state index < -0.39 is 0 Å². The van der Waals surface area contributed by atoms with Gasteiger partial charge in [0.2, 0.25) is 0 Å². The van der Waals surface area contributed by atoms with Gasteiger partial charge in [-0.25, -0.2) is 4.79 Å². The van der Waals surface area contributed by atoms with E-state index in [1.165, 1.54) is 0 Å². The number of likely N-dealkylation sites (tertiary alicyclic amines) is 2. The molecule has 2 aromatic carbocycles. The molecule has 172 valence electrons. The van der Waals surface area contributed by atoms with Crippen molar-refractivity contribution in [2.45, 2.75) is 19.4 Å². The minimum Gasteiger partial charge on any atom is -0.445 e. The standard InChI is InChI=1S/C23H23Cl2N5O3/c24-18-7-14(8-19(25)10-18)13-33-23(32)30-11-16-3-5-29(6-4-17(16)12-30)22(31)15-1-2-20-21(9-15)27-28-26-20/h1-2,7-10,16-17H,3-6,11-13H2,(H,26,27,28)/t16-,17+. The van der Waals surface area contributed by atoms with Crippen LogP contribution in [0.3, 0.4) is 0 Å². The van der Waals surface area contributed by atoms with Crippen molar-refractivity contribution in [1.82, 2.24) is 25.2 Å². The van der Waals surface area contributed by atoms with Gasteiger partial charge in [-0.2, -0.15) is 0 Å². The zero-order chi connectivity index (χ0) is 22.9. The molecule has 0 unspecified atom stereocenters. The molecule has 0 bridgehead atoms. The zero-order valence-corrected chi connectivity index (χ0v) is 19.3. The zero-order valence-electron chi connectivity index (χ0n) is 17.8. The van der Waals surface area contributed by atoms with Crippen LogP contribution in [0, 0.1) is 11.8 Å². The van der Waals surface area contributed by atoms with E-state index in [2.05, 4.69) is 15.4 Å². The van der Waals surface area contributed by atoms with Crippen molar-refractivity contribution in [3.8, 4) is 0 Å². The second-order valence-corrected chi connectivity index (χ2v) is 9.54. The maximum absolute atomic E-state index is 13.0. The van der Waals surface area contributed by atoms with Crippen LogP contribution in [0.15, 0.2) is 36.4 Å². The summed E-state index contributed by atoms with van der Waals surface area (Å²) in [5, 5.41) is 11.6. The Kier molecular flexibility index (Phi) is 6.12. The number of nitrogens with zero attached hydrogens (tertiary/aromatic N) is 4. The number of hydrogen-bond acceptors (Lipinski definition) is 5. The number of ether oxygens (including phenoxy) is 1. The molecule has 0 saturated carbocycles. The second kappa shape index (κ2) is 9.19. The highest BCUT2D eigenvalue weighted by Crippen LogP contribution is 2.33. The number of H-pyrrole nitrogens is 1. The SMILES string of the molecule is O=C(OCc1cc(Cl)cc(Cl)c1)N1C[C@H]2CCN(C(=O)c3ccc4[nH]nnc4c3)CC[C@H]2C1. The smallest absolute Gasteiger partial charge is 0.410 e. The minimum atomic E-state index is -0.326. The second-order valence-electron chi connectivity index (χ2n) is 8.67. The Bertz CT molecular complexity index is 1160. The van der Waals surface area contributed by atoms with Crippen molar-refractivity contribution in [1.29, 1.82) is 0 Å². The molecular formula is C23H23Cl2N5O3. The predicted molar refractivity (Wildman–Crippen MR) is 124 cm³/mol. The fraction of sp³-hybridized carbons (Fsp3) is 0.391. The molecule has 2 amide bonds. The number of amides is 2. The lowest BCUT2D eigenvalue weighted by Crippen LogP contribution is -2.34. The van der Waals surface area contributed by atoms with Crippen LogP contribution >= 0.6 is 23.2 Å². The Morgan fingerprint density at radius 2 is 1.70 bits per heavy atom. The van der Waals surface area contributed by atoms with E-state index >= 15 is 0 Å². The third-order valence-corrected chi connectivity index (χ3v) is 6.96. The highest BCUT2D eigenvalue weighted by atomic mass is 35.5. The summed E-state index contributed by atoms with van der Waals surface area (Å²) in [6.07, 6.45) is 1.39. The monoisotopic (exact) mass is 487 g/mol. The van der Waals surface area contributed by atoms with Gasteiger partial charge >= 0.3 is 6.09 Å². The third kappa shape index (κ3) is 4.77. The molecule has 3 aromatic rings. The van der Waals surface area contributed by atoms with Crippen molar-refractivity contribution >= 4 is 46.2 Å². The number of benzene rings is 2. The summed E-state index contributed by atoms with van der Waals surface area (Å²) < 4.78 is 5.50. The first-order valence-electron chi connectivity index (χ1n) is 10.9. The summed E-state index contributed by atoms with van der Waals surface area (Å²) in [4.78, 5) is 29.3. The van der Waals surface area contributed by atoms with Gasteiger partial charge in [-0.15, -0.1) is 5.10 Å². The van der Waals surface area contributed by atoms with Gasteiger partial charge in [0, 0.05) is 41.8 Å². The molecule has 5 rings (SSSR count). The number of hydrogen-bond donors (Lipinski definition) is 1. The number of carbonyl (C=O) groups is 2. The van der Waals surface area contributed by atoms with Crippen LogP contribution in [0.5, 0.6) is 0 Å². The first-order valence-corrected chi connectivity index (χ1v) is 11.7. The summed E-state index contributed by atoms with van der Waals surface area (Å²) in [7, 11) is 0. The first kappa shape index (κ1) is 22.0. The van der Waals surface area contributed by atoms with Gasteiger partial charge in [-0.05, 0) is 66.6 Å². The van der Waals surface area contributed by atoms with Crippen LogP contribution in [0.1, 0.15) is 28.8 Å². The number of aromatic amines is 1. The third-order valence-electron chi connectivity index (χ3n) is 6.52. The van der Waals surface area contributed by atoms with Crippen LogP contribution in [0.4, 0.5) is 4.79 Å².